The highest BCUT2D eigenvalue weighted by molar-refractivity contribution is 9.10. The topological polar surface area (TPSA) is 42.9 Å². The second-order valence-corrected chi connectivity index (χ2v) is 8.00. The van der Waals surface area contributed by atoms with Crippen LogP contribution < -0.4 is 0 Å². The third-order valence-corrected chi connectivity index (χ3v) is 6.33. The molecule has 0 aliphatic rings. The molecule has 1 atom stereocenters. The van der Waals surface area contributed by atoms with E-state index in [9.17, 15) is 4.21 Å². The highest BCUT2D eigenvalue weighted by Gasteiger charge is 2.16. The standard InChI is InChI=1S/C12H15BrN2OS2/c1-4-8-9(13)5-14-11-10(8)17-12(15-11)18(16)6-7(2)3/h5,7H,4,6H2,1-3H3/t18-/m0/s1. The lowest BCUT2D eigenvalue weighted by Crippen LogP contribution is -2.04. The fraction of sp³-hybridized carbons (Fsp3) is 0.500. The number of halogens is 1. The van der Waals surface area contributed by atoms with E-state index in [0.29, 0.717) is 21.7 Å². The summed E-state index contributed by atoms with van der Waals surface area (Å²) in [6.45, 7) is 6.24. The molecule has 0 fully saturated rings. The van der Waals surface area contributed by atoms with Gasteiger partial charge in [-0.1, -0.05) is 20.8 Å². The lowest BCUT2D eigenvalue weighted by Gasteiger charge is -2.00. The largest absolute Gasteiger partial charge is 0.252 e. The Morgan fingerprint density at radius 1 is 1.50 bits per heavy atom. The maximum atomic E-state index is 12.1. The Labute approximate surface area is 122 Å². The molecule has 0 aromatic carbocycles. The normalized spacial score (nSPS) is 13.4. The van der Waals surface area contributed by atoms with E-state index in [4.69, 9.17) is 0 Å². The van der Waals surface area contributed by atoms with E-state index in [2.05, 4.69) is 46.7 Å². The second-order valence-electron chi connectivity index (χ2n) is 4.48. The molecular weight excluding hydrogens is 332 g/mol. The summed E-state index contributed by atoms with van der Waals surface area (Å²) in [6.07, 6.45) is 2.69. The predicted octanol–water partition coefficient (Wildman–Crippen LogP) is 3.78. The van der Waals surface area contributed by atoms with Gasteiger partial charge in [-0.25, -0.2) is 9.97 Å². The summed E-state index contributed by atoms with van der Waals surface area (Å²) < 4.78 is 14.9. The van der Waals surface area contributed by atoms with Crippen molar-refractivity contribution in [3.8, 4) is 0 Å². The second kappa shape index (κ2) is 5.75. The number of fused-ring (bicyclic) bond motifs is 1. The van der Waals surface area contributed by atoms with E-state index in [1.807, 2.05) is 0 Å². The molecule has 2 heterocycles. The summed E-state index contributed by atoms with van der Waals surface area (Å²) in [5, 5.41) is 0. The van der Waals surface area contributed by atoms with Crippen LogP contribution in [0.2, 0.25) is 0 Å². The van der Waals surface area contributed by atoms with Gasteiger partial charge in [0.25, 0.3) is 0 Å². The highest BCUT2D eigenvalue weighted by Crippen LogP contribution is 2.31. The molecule has 0 radical (unpaired) electrons. The Morgan fingerprint density at radius 3 is 2.83 bits per heavy atom. The zero-order valence-corrected chi connectivity index (χ0v) is 13.8. The number of pyridine rings is 1. The van der Waals surface area contributed by atoms with Gasteiger partial charge in [0.15, 0.2) is 9.99 Å². The van der Waals surface area contributed by atoms with Gasteiger partial charge < -0.3 is 0 Å². The Bertz CT molecular complexity index is 595. The number of hydrogen-bond acceptors (Lipinski definition) is 4. The third kappa shape index (κ3) is 2.81. The van der Waals surface area contributed by atoms with Gasteiger partial charge in [-0.2, -0.15) is 0 Å². The zero-order valence-electron chi connectivity index (χ0n) is 10.6. The Morgan fingerprint density at radius 2 is 2.22 bits per heavy atom. The Kier molecular flexibility index (Phi) is 4.50. The molecule has 0 aliphatic carbocycles. The minimum Gasteiger partial charge on any atom is -0.252 e. The van der Waals surface area contributed by atoms with Crippen molar-refractivity contribution in [1.29, 1.82) is 0 Å². The number of thiazole rings is 1. The number of aryl methyl sites for hydroxylation is 1. The first-order valence-electron chi connectivity index (χ1n) is 5.85. The smallest absolute Gasteiger partial charge is 0.183 e. The average Bonchev–Trinajstić information content (AvgIpc) is 2.72. The summed E-state index contributed by atoms with van der Waals surface area (Å²) in [5.41, 5.74) is 1.91. The van der Waals surface area contributed by atoms with Crippen LogP contribution in [0.5, 0.6) is 0 Å². The van der Waals surface area contributed by atoms with Crippen LogP contribution in [0.15, 0.2) is 15.0 Å². The molecule has 0 amide bonds. The van der Waals surface area contributed by atoms with Crippen LogP contribution in [0, 0.1) is 5.92 Å². The molecule has 18 heavy (non-hydrogen) atoms. The molecule has 98 valence electrons. The first-order valence-corrected chi connectivity index (χ1v) is 8.78. The molecular formula is C12H15BrN2OS2. The fourth-order valence-corrected chi connectivity index (χ4v) is 5.03. The van der Waals surface area contributed by atoms with Gasteiger partial charge in [0.1, 0.15) is 0 Å². The van der Waals surface area contributed by atoms with Crippen molar-refractivity contribution < 1.29 is 4.21 Å². The number of hydrogen-bond donors (Lipinski definition) is 0. The van der Waals surface area contributed by atoms with Crippen LogP contribution >= 0.6 is 27.3 Å². The number of rotatable bonds is 4. The van der Waals surface area contributed by atoms with E-state index < -0.39 is 10.8 Å². The quantitative estimate of drug-likeness (QED) is 0.845. The average molecular weight is 347 g/mol. The molecule has 3 nitrogen and oxygen atoms in total. The van der Waals surface area contributed by atoms with Crippen LogP contribution in [0.3, 0.4) is 0 Å². The zero-order chi connectivity index (χ0) is 13.3. The highest BCUT2D eigenvalue weighted by atomic mass is 79.9. The summed E-state index contributed by atoms with van der Waals surface area (Å²) in [7, 11) is -1.01. The van der Waals surface area contributed by atoms with Crippen LogP contribution in [0.1, 0.15) is 26.3 Å². The molecule has 0 saturated carbocycles. The number of nitrogens with zero attached hydrogens (tertiary/aromatic N) is 2. The summed E-state index contributed by atoms with van der Waals surface area (Å²) >= 11 is 5.01. The maximum Gasteiger partial charge on any atom is 0.183 e. The van der Waals surface area contributed by atoms with Crippen molar-refractivity contribution in [3.63, 3.8) is 0 Å². The lowest BCUT2D eigenvalue weighted by molar-refractivity contribution is 0.664. The molecule has 2 aromatic heterocycles. The molecule has 0 saturated heterocycles. The van der Waals surface area contributed by atoms with Gasteiger partial charge >= 0.3 is 0 Å². The van der Waals surface area contributed by atoms with Crippen LogP contribution in [0.25, 0.3) is 10.3 Å². The van der Waals surface area contributed by atoms with E-state index in [1.165, 1.54) is 16.9 Å². The first kappa shape index (κ1) is 14.1. The number of aromatic nitrogens is 2. The predicted molar refractivity (Wildman–Crippen MR) is 80.6 cm³/mol. The molecule has 0 N–H and O–H groups in total. The molecule has 0 aliphatic heterocycles. The van der Waals surface area contributed by atoms with Gasteiger partial charge in [0, 0.05) is 16.4 Å². The summed E-state index contributed by atoms with van der Waals surface area (Å²) in [4.78, 5) is 8.69. The molecule has 2 rings (SSSR count). The van der Waals surface area contributed by atoms with Crippen molar-refractivity contribution in [2.45, 2.75) is 31.5 Å². The minimum atomic E-state index is -1.01. The van der Waals surface area contributed by atoms with Gasteiger partial charge in [-0.05, 0) is 33.8 Å². The van der Waals surface area contributed by atoms with Crippen molar-refractivity contribution in [2.24, 2.45) is 5.92 Å². The fourth-order valence-electron chi connectivity index (χ4n) is 1.68. The summed E-state index contributed by atoms with van der Waals surface area (Å²) in [6, 6.07) is 0. The van der Waals surface area contributed by atoms with Gasteiger partial charge in [-0.15, -0.1) is 11.3 Å². The maximum absolute atomic E-state index is 12.1. The van der Waals surface area contributed by atoms with Gasteiger partial charge in [0.2, 0.25) is 0 Å². The van der Waals surface area contributed by atoms with E-state index in [-0.39, 0.29) is 0 Å². The third-order valence-electron chi connectivity index (χ3n) is 2.49. The van der Waals surface area contributed by atoms with Gasteiger partial charge in [-0.3, -0.25) is 4.21 Å². The van der Waals surface area contributed by atoms with Crippen LogP contribution in [0.4, 0.5) is 0 Å². The Balaban J connectivity index is 2.47. The van der Waals surface area contributed by atoms with E-state index >= 15 is 0 Å². The van der Waals surface area contributed by atoms with E-state index in [1.54, 1.807) is 6.20 Å². The lowest BCUT2D eigenvalue weighted by atomic mass is 10.2. The first-order chi connectivity index (χ1) is 8.52. The molecule has 6 heteroatoms. The SMILES string of the molecule is CCc1c(Br)cnc2nc([S@@](=O)CC(C)C)sc12. The molecule has 0 unspecified atom stereocenters. The Hall–Kier alpha value is -0.330. The van der Waals surface area contributed by atoms with Crippen molar-refractivity contribution >= 4 is 48.4 Å². The van der Waals surface area contributed by atoms with Crippen LogP contribution in [-0.4, -0.2) is 19.9 Å². The van der Waals surface area contributed by atoms with Crippen LogP contribution in [-0.2, 0) is 17.2 Å². The van der Waals surface area contributed by atoms with E-state index in [0.717, 1.165) is 15.6 Å². The van der Waals surface area contributed by atoms with Crippen molar-refractivity contribution in [2.75, 3.05) is 5.75 Å². The minimum absolute atomic E-state index is 0.406. The molecule has 0 bridgehead atoms. The van der Waals surface area contributed by atoms with Crippen molar-refractivity contribution in [1.82, 2.24) is 9.97 Å². The summed E-state index contributed by atoms with van der Waals surface area (Å²) in [5.74, 6) is 1.06. The molecule has 0 spiro atoms. The van der Waals surface area contributed by atoms with Crippen molar-refractivity contribution in [3.05, 3.63) is 16.2 Å². The molecule has 2 aromatic rings. The van der Waals surface area contributed by atoms with Gasteiger partial charge in [0.05, 0.1) is 15.5 Å². The monoisotopic (exact) mass is 346 g/mol.